The molecule has 0 fully saturated rings. The van der Waals surface area contributed by atoms with Crippen LogP contribution in [0.4, 0.5) is 11.4 Å². The van der Waals surface area contributed by atoms with Gasteiger partial charge in [0.15, 0.2) is 0 Å². The Bertz CT molecular complexity index is 969. The lowest BCUT2D eigenvalue weighted by atomic mass is 10.1. The first-order valence-electron chi connectivity index (χ1n) is 8.27. The molecule has 0 aliphatic rings. The Balaban J connectivity index is 1.81. The van der Waals surface area contributed by atoms with Crippen molar-refractivity contribution in [2.75, 3.05) is 4.31 Å². The van der Waals surface area contributed by atoms with Crippen LogP contribution in [0.15, 0.2) is 60.9 Å². The van der Waals surface area contributed by atoms with Crippen LogP contribution in [-0.4, -0.2) is 24.4 Å². The van der Waals surface area contributed by atoms with Crippen LogP contribution in [0.25, 0.3) is 0 Å². The summed E-state index contributed by atoms with van der Waals surface area (Å²) < 4.78 is 24.6. The van der Waals surface area contributed by atoms with Gasteiger partial charge in [-0.15, -0.1) is 0 Å². The van der Waals surface area contributed by atoms with E-state index in [1.54, 1.807) is 47.3 Å². The van der Waals surface area contributed by atoms with Crippen LogP contribution in [0.1, 0.15) is 21.5 Å². The predicted octanol–water partition coefficient (Wildman–Crippen LogP) is 2.93. The lowest BCUT2D eigenvalue weighted by Gasteiger charge is -2.20. The fraction of sp³-hybridized carbons (Fsp3) is 0.158. The molecule has 1 unspecified atom stereocenters. The lowest BCUT2D eigenvalue weighted by Crippen LogP contribution is -2.24. The highest BCUT2D eigenvalue weighted by atomic mass is 32.2. The normalized spacial score (nSPS) is 11.8. The first kappa shape index (κ1) is 18.8. The maximum atomic E-state index is 12.5. The minimum atomic E-state index is -2.27. The fourth-order valence-corrected chi connectivity index (χ4v) is 3.23. The number of carbonyl (C=O) groups is 1. The van der Waals surface area contributed by atoms with Crippen LogP contribution in [0.5, 0.6) is 0 Å². The third-order valence-electron chi connectivity index (χ3n) is 3.98. The molecular weight excluding hydrogens is 364 g/mol. The maximum absolute atomic E-state index is 12.5. The van der Waals surface area contributed by atoms with Gasteiger partial charge in [0.2, 0.25) is 0 Å². The third-order valence-corrected chi connectivity index (χ3v) is 4.71. The van der Waals surface area contributed by atoms with Crippen LogP contribution in [0, 0.1) is 6.92 Å². The summed E-state index contributed by atoms with van der Waals surface area (Å²) in [6, 6.07) is 13.9. The van der Waals surface area contributed by atoms with E-state index in [9.17, 15) is 13.6 Å². The summed E-state index contributed by atoms with van der Waals surface area (Å²) in [5.74, 6) is -0.270. The Morgan fingerprint density at radius 1 is 1.22 bits per heavy atom. The molecule has 27 heavy (non-hydrogen) atoms. The highest BCUT2D eigenvalue weighted by Gasteiger charge is 2.17. The number of nitrogens with one attached hydrogen (secondary N) is 1. The topological polar surface area (TPSA) is 87.5 Å². The molecule has 0 spiro atoms. The van der Waals surface area contributed by atoms with Crippen molar-refractivity contribution in [3.63, 3.8) is 0 Å². The van der Waals surface area contributed by atoms with E-state index >= 15 is 0 Å². The molecule has 1 amide bonds. The summed E-state index contributed by atoms with van der Waals surface area (Å²) in [7, 11) is 1.81. The maximum Gasteiger partial charge on any atom is 0.266 e. The number of hydrogen-bond acceptors (Lipinski definition) is 3. The van der Waals surface area contributed by atoms with Gasteiger partial charge in [0.25, 0.3) is 17.2 Å². The smallest absolute Gasteiger partial charge is 0.266 e. The van der Waals surface area contributed by atoms with E-state index < -0.39 is 11.3 Å². The van der Waals surface area contributed by atoms with E-state index in [2.05, 4.69) is 10.4 Å². The second-order valence-electron chi connectivity index (χ2n) is 6.12. The largest absolute Gasteiger partial charge is 0.348 e. The highest BCUT2D eigenvalue weighted by Crippen LogP contribution is 2.27. The van der Waals surface area contributed by atoms with E-state index in [0.717, 1.165) is 11.1 Å². The van der Waals surface area contributed by atoms with Crippen LogP contribution in [0.3, 0.4) is 0 Å². The van der Waals surface area contributed by atoms with Crippen LogP contribution >= 0.6 is 0 Å². The molecule has 2 N–H and O–H groups in total. The summed E-state index contributed by atoms with van der Waals surface area (Å²) in [6.45, 7) is 2.29. The van der Waals surface area contributed by atoms with E-state index in [0.29, 0.717) is 23.5 Å². The Labute approximate surface area is 160 Å². The number of rotatable bonds is 6. The van der Waals surface area contributed by atoms with Gasteiger partial charge in [0.05, 0.1) is 17.6 Å². The average Bonchev–Trinajstić information content (AvgIpc) is 3.07. The zero-order valence-corrected chi connectivity index (χ0v) is 15.8. The van der Waals surface area contributed by atoms with Crippen molar-refractivity contribution in [2.45, 2.75) is 13.5 Å². The van der Waals surface area contributed by atoms with Crippen LogP contribution in [-0.2, 0) is 24.9 Å². The molecule has 1 atom stereocenters. The van der Waals surface area contributed by atoms with Crippen molar-refractivity contribution in [3.05, 3.63) is 77.6 Å². The molecule has 0 bridgehead atoms. The molecule has 1 heterocycles. The summed E-state index contributed by atoms with van der Waals surface area (Å²) in [5.41, 5.74) is 3.35. The molecule has 0 aliphatic carbocycles. The quantitative estimate of drug-likeness (QED) is 0.640. The van der Waals surface area contributed by atoms with E-state index in [-0.39, 0.29) is 5.91 Å². The van der Waals surface area contributed by atoms with Gasteiger partial charge in [0.1, 0.15) is 0 Å². The van der Waals surface area contributed by atoms with Crippen molar-refractivity contribution in [1.82, 2.24) is 15.1 Å². The minimum absolute atomic E-state index is 0.270. The van der Waals surface area contributed by atoms with Crippen molar-refractivity contribution >= 4 is 28.5 Å². The lowest BCUT2D eigenvalue weighted by molar-refractivity contribution is 0.0951. The number of benzene rings is 2. The van der Waals surface area contributed by atoms with Crippen molar-refractivity contribution in [2.24, 2.45) is 7.05 Å². The minimum Gasteiger partial charge on any atom is -0.348 e. The average molecular weight is 384 g/mol. The molecule has 0 saturated carbocycles. The van der Waals surface area contributed by atoms with Gasteiger partial charge in [0, 0.05) is 30.9 Å². The first-order chi connectivity index (χ1) is 12.9. The summed E-state index contributed by atoms with van der Waals surface area (Å²) in [5, 5.41) is 6.88. The molecule has 3 rings (SSSR count). The number of carbonyl (C=O) groups excluding carboxylic acids is 1. The van der Waals surface area contributed by atoms with Gasteiger partial charge < -0.3 is 5.32 Å². The summed E-state index contributed by atoms with van der Waals surface area (Å²) in [4.78, 5) is 12.5. The monoisotopic (exact) mass is 384 g/mol. The third kappa shape index (κ3) is 4.60. The molecule has 140 valence electrons. The van der Waals surface area contributed by atoms with Gasteiger partial charge in [-0.1, -0.05) is 23.8 Å². The molecule has 3 aromatic rings. The molecular formula is C19H20N4O3S. The number of aromatic nitrogens is 2. The predicted molar refractivity (Wildman–Crippen MR) is 105 cm³/mol. The number of aryl methyl sites for hydroxylation is 2. The Morgan fingerprint density at radius 3 is 2.59 bits per heavy atom. The van der Waals surface area contributed by atoms with Gasteiger partial charge in [-0.3, -0.25) is 14.0 Å². The number of amides is 1. The summed E-state index contributed by atoms with van der Waals surface area (Å²) >= 11 is -2.27. The Kier molecular flexibility index (Phi) is 5.68. The number of hydrogen-bond donors (Lipinski definition) is 2. The molecule has 7 nitrogen and oxygen atoms in total. The summed E-state index contributed by atoms with van der Waals surface area (Å²) in [6.07, 6.45) is 3.51. The van der Waals surface area contributed by atoms with Crippen molar-refractivity contribution < 1.29 is 13.6 Å². The first-order valence-corrected chi connectivity index (χ1v) is 9.34. The second kappa shape index (κ2) is 8.15. The van der Waals surface area contributed by atoms with E-state index in [4.69, 9.17) is 0 Å². The van der Waals surface area contributed by atoms with Gasteiger partial charge in [-0.05, 0) is 37.3 Å². The zero-order valence-electron chi connectivity index (χ0n) is 15.0. The Morgan fingerprint density at radius 2 is 1.96 bits per heavy atom. The number of nitrogens with zero attached hydrogens (tertiary/aromatic N) is 3. The number of anilines is 2. The van der Waals surface area contributed by atoms with Crippen LogP contribution in [0.2, 0.25) is 0 Å². The SMILES string of the molecule is Cc1ccc(N(c2cccc(C(=O)NCc3cnn(C)c3)c2)S(=O)O)cc1. The standard InChI is InChI=1S/C19H20N4O3S/c1-14-6-8-17(9-7-14)23(27(25)26)18-5-3-4-16(10-18)19(24)20-11-15-12-21-22(2)13-15/h3-10,12-13H,11H2,1-2H3,(H,20,24)(H,25,26). The molecule has 0 aliphatic heterocycles. The van der Waals surface area contributed by atoms with Crippen molar-refractivity contribution in [1.29, 1.82) is 0 Å². The van der Waals surface area contributed by atoms with Gasteiger partial charge in [-0.2, -0.15) is 5.10 Å². The van der Waals surface area contributed by atoms with Gasteiger partial charge >= 0.3 is 0 Å². The molecule has 8 heteroatoms. The second-order valence-corrected chi connectivity index (χ2v) is 6.94. The fourth-order valence-electron chi connectivity index (χ4n) is 2.63. The van der Waals surface area contributed by atoms with E-state index in [1.807, 2.05) is 32.3 Å². The highest BCUT2D eigenvalue weighted by molar-refractivity contribution is 7.81. The van der Waals surface area contributed by atoms with Crippen LogP contribution < -0.4 is 9.62 Å². The molecule has 0 radical (unpaired) electrons. The molecule has 0 saturated heterocycles. The van der Waals surface area contributed by atoms with E-state index in [1.165, 1.54) is 4.31 Å². The zero-order chi connectivity index (χ0) is 19.4. The van der Waals surface area contributed by atoms with Crippen molar-refractivity contribution in [3.8, 4) is 0 Å². The molecule has 2 aromatic carbocycles. The van der Waals surface area contributed by atoms with Gasteiger partial charge in [-0.25, -0.2) is 8.51 Å². The Hall–Kier alpha value is -2.97. The molecule has 1 aromatic heterocycles.